The average molecular weight is 338 g/mol. The molecule has 0 saturated carbocycles. The molecule has 2 aliphatic rings. The van der Waals surface area contributed by atoms with E-state index >= 15 is 0 Å². The van der Waals surface area contributed by atoms with Gasteiger partial charge in [0.25, 0.3) is 6.02 Å². The molecule has 2 rings (SSSR count). The number of nitrogens with two attached hydrogens (primary N) is 1. The molecule has 0 aromatic rings. The fourth-order valence-corrected chi connectivity index (χ4v) is 2.93. The molecule has 0 radical (unpaired) electrons. The Morgan fingerprint density at radius 1 is 1.50 bits per heavy atom. The van der Waals surface area contributed by atoms with Crippen LogP contribution in [0.4, 0.5) is 0 Å². The predicted molar refractivity (Wildman–Crippen MR) is 94.8 cm³/mol. The van der Waals surface area contributed by atoms with Crippen molar-refractivity contribution in [1.29, 1.82) is 5.41 Å². The van der Waals surface area contributed by atoms with Gasteiger partial charge in [0, 0.05) is 26.8 Å². The Morgan fingerprint density at radius 2 is 2.33 bits per heavy atom. The third kappa shape index (κ3) is 4.85. The van der Waals surface area contributed by atoms with Gasteiger partial charge >= 0.3 is 0 Å². The Kier molecular flexibility index (Phi) is 7.33. The SMILES string of the molecule is CN/C(N)=C1/N=C(OC)N(CCCNCCC2CCCOC2)C1=N. The standard InChI is InChI=1S/C16H30N6O2/c1-19-14(17)13-15(18)22(16(21-13)23-2)9-4-7-20-8-6-12-5-3-10-24-11-12/h12,18-20H,3-11,17H2,1-2H3/b14-13+,18-15?. The molecule has 8 heteroatoms. The van der Waals surface area contributed by atoms with E-state index in [4.69, 9.17) is 20.6 Å². The number of hydrogen-bond donors (Lipinski definition) is 4. The zero-order valence-corrected chi connectivity index (χ0v) is 14.7. The second-order valence-electron chi connectivity index (χ2n) is 6.09. The number of rotatable bonds is 8. The van der Waals surface area contributed by atoms with Gasteiger partial charge in [0.1, 0.15) is 5.82 Å². The summed E-state index contributed by atoms with van der Waals surface area (Å²) in [5.74, 6) is 1.35. The van der Waals surface area contributed by atoms with Crippen LogP contribution in [0.5, 0.6) is 0 Å². The van der Waals surface area contributed by atoms with Crippen molar-refractivity contribution in [3.8, 4) is 0 Å². The van der Waals surface area contributed by atoms with Gasteiger partial charge < -0.3 is 25.8 Å². The summed E-state index contributed by atoms with van der Waals surface area (Å²) >= 11 is 0. The molecule has 0 aromatic carbocycles. The van der Waals surface area contributed by atoms with Gasteiger partial charge in [-0.25, -0.2) is 0 Å². The Labute approximate surface area is 144 Å². The van der Waals surface area contributed by atoms with Crippen molar-refractivity contribution in [3.05, 3.63) is 11.5 Å². The van der Waals surface area contributed by atoms with Crippen molar-refractivity contribution in [1.82, 2.24) is 15.5 Å². The summed E-state index contributed by atoms with van der Waals surface area (Å²) in [6.45, 7) is 4.40. The van der Waals surface area contributed by atoms with E-state index in [0.29, 0.717) is 30.0 Å². The lowest BCUT2D eigenvalue weighted by atomic mass is 9.99. The molecule has 1 saturated heterocycles. The maximum atomic E-state index is 8.20. The van der Waals surface area contributed by atoms with Gasteiger partial charge in [0.05, 0.1) is 7.11 Å². The van der Waals surface area contributed by atoms with Gasteiger partial charge in [-0.05, 0) is 44.7 Å². The monoisotopic (exact) mass is 338 g/mol. The molecular formula is C16H30N6O2. The molecule has 2 aliphatic heterocycles. The van der Waals surface area contributed by atoms with Gasteiger partial charge in [-0.3, -0.25) is 10.3 Å². The normalized spacial score (nSPS) is 23.2. The maximum absolute atomic E-state index is 8.20. The van der Waals surface area contributed by atoms with E-state index in [0.717, 1.165) is 39.1 Å². The molecule has 1 atom stereocenters. The molecule has 24 heavy (non-hydrogen) atoms. The van der Waals surface area contributed by atoms with E-state index in [9.17, 15) is 0 Å². The number of nitrogens with one attached hydrogen (secondary N) is 3. The summed E-state index contributed by atoms with van der Waals surface area (Å²) in [6.07, 6.45) is 4.53. The highest BCUT2D eigenvalue weighted by Crippen LogP contribution is 2.17. The van der Waals surface area contributed by atoms with Crippen LogP contribution in [0.3, 0.4) is 0 Å². The van der Waals surface area contributed by atoms with Crippen LogP contribution in [0.25, 0.3) is 0 Å². The second kappa shape index (κ2) is 9.48. The molecule has 8 nitrogen and oxygen atoms in total. The van der Waals surface area contributed by atoms with Crippen LogP contribution in [-0.2, 0) is 9.47 Å². The van der Waals surface area contributed by atoms with Crippen molar-refractivity contribution in [2.75, 3.05) is 47.0 Å². The molecule has 5 N–H and O–H groups in total. The average Bonchev–Trinajstić information content (AvgIpc) is 2.94. The highest BCUT2D eigenvalue weighted by molar-refractivity contribution is 6.11. The maximum Gasteiger partial charge on any atom is 0.298 e. The van der Waals surface area contributed by atoms with E-state index in [1.807, 2.05) is 0 Å². The lowest BCUT2D eigenvalue weighted by Crippen LogP contribution is -2.36. The molecular weight excluding hydrogens is 308 g/mol. The second-order valence-corrected chi connectivity index (χ2v) is 6.09. The first-order valence-corrected chi connectivity index (χ1v) is 8.62. The fourth-order valence-electron chi connectivity index (χ4n) is 2.93. The van der Waals surface area contributed by atoms with Crippen molar-refractivity contribution < 1.29 is 9.47 Å². The lowest BCUT2D eigenvalue weighted by molar-refractivity contribution is 0.0518. The highest BCUT2D eigenvalue weighted by atomic mass is 16.5. The minimum Gasteiger partial charge on any atom is -0.468 e. The van der Waals surface area contributed by atoms with Crippen LogP contribution in [0.1, 0.15) is 25.7 Å². The number of methoxy groups -OCH3 is 1. The van der Waals surface area contributed by atoms with E-state index in [-0.39, 0.29) is 5.84 Å². The zero-order valence-electron chi connectivity index (χ0n) is 14.7. The molecule has 2 heterocycles. The summed E-state index contributed by atoms with van der Waals surface area (Å²) in [4.78, 5) is 6.02. The van der Waals surface area contributed by atoms with E-state index < -0.39 is 0 Å². The summed E-state index contributed by atoms with van der Waals surface area (Å²) < 4.78 is 10.8. The fraction of sp³-hybridized carbons (Fsp3) is 0.750. The van der Waals surface area contributed by atoms with Crippen LogP contribution in [0.2, 0.25) is 0 Å². The van der Waals surface area contributed by atoms with E-state index in [2.05, 4.69) is 15.6 Å². The third-order valence-electron chi connectivity index (χ3n) is 4.36. The molecule has 136 valence electrons. The Balaban J connectivity index is 1.68. The topological polar surface area (TPSA) is 108 Å². The van der Waals surface area contributed by atoms with Crippen molar-refractivity contribution in [2.45, 2.75) is 25.7 Å². The molecule has 0 amide bonds. The minimum absolute atomic E-state index is 0.276. The van der Waals surface area contributed by atoms with Gasteiger partial charge in [-0.15, -0.1) is 0 Å². The first kappa shape index (κ1) is 18.5. The van der Waals surface area contributed by atoms with E-state index in [1.165, 1.54) is 12.8 Å². The van der Waals surface area contributed by atoms with Gasteiger partial charge in [-0.1, -0.05) is 0 Å². The zero-order chi connectivity index (χ0) is 17.4. The van der Waals surface area contributed by atoms with Gasteiger partial charge in [0.2, 0.25) is 0 Å². The summed E-state index contributed by atoms with van der Waals surface area (Å²) in [6, 6.07) is 0.424. The van der Waals surface area contributed by atoms with Crippen LogP contribution in [0.15, 0.2) is 16.5 Å². The Bertz CT molecular complexity index is 485. The van der Waals surface area contributed by atoms with Gasteiger partial charge in [-0.2, -0.15) is 4.99 Å². The number of ether oxygens (including phenoxy) is 2. The summed E-state index contributed by atoms with van der Waals surface area (Å²) in [7, 11) is 3.27. The summed E-state index contributed by atoms with van der Waals surface area (Å²) in [5.41, 5.74) is 6.26. The molecule has 0 aliphatic carbocycles. The van der Waals surface area contributed by atoms with Crippen LogP contribution in [-0.4, -0.2) is 63.8 Å². The van der Waals surface area contributed by atoms with Crippen molar-refractivity contribution >= 4 is 11.9 Å². The molecule has 1 unspecified atom stereocenters. The van der Waals surface area contributed by atoms with Crippen LogP contribution >= 0.6 is 0 Å². The quantitative estimate of drug-likeness (QED) is 0.478. The largest absolute Gasteiger partial charge is 0.468 e. The smallest absolute Gasteiger partial charge is 0.298 e. The minimum atomic E-state index is 0.276. The molecule has 0 bridgehead atoms. The molecule has 1 fully saturated rings. The molecule has 0 aromatic heterocycles. The molecule has 0 spiro atoms. The highest BCUT2D eigenvalue weighted by Gasteiger charge is 2.29. The predicted octanol–water partition coefficient (Wildman–Crippen LogP) is 0.425. The number of amidine groups is 2. The van der Waals surface area contributed by atoms with E-state index in [1.54, 1.807) is 19.1 Å². The third-order valence-corrected chi connectivity index (χ3v) is 4.36. The summed E-state index contributed by atoms with van der Waals surface area (Å²) in [5, 5.41) is 14.5. The van der Waals surface area contributed by atoms with Crippen molar-refractivity contribution in [3.63, 3.8) is 0 Å². The Morgan fingerprint density at radius 3 is 3.00 bits per heavy atom. The number of hydrogen-bond acceptors (Lipinski definition) is 7. The number of aliphatic imine (C=N–C) groups is 1. The first-order chi connectivity index (χ1) is 11.7. The van der Waals surface area contributed by atoms with Crippen LogP contribution < -0.4 is 16.4 Å². The lowest BCUT2D eigenvalue weighted by Gasteiger charge is -2.22. The Hall–Kier alpha value is -1.80. The number of nitrogens with zero attached hydrogens (tertiary/aromatic N) is 2. The first-order valence-electron chi connectivity index (χ1n) is 8.62. The van der Waals surface area contributed by atoms with Gasteiger partial charge in [0.15, 0.2) is 11.5 Å². The van der Waals surface area contributed by atoms with Crippen molar-refractivity contribution in [2.24, 2.45) is 16.6 Å². The van der Waals surface area contributed by atoms with Crippen LogP contribution in [0, 0.1) is 11.3 Å².